The van der Waals surface area contributed by atoms with Crippen LogP contribution in [-0.4, -0.2) is 61.2 Å². The molecule has 40 heavy (non-hydrogen) atoms. The number of nitrogens with zero attached hydrogens (tertiary/aromatic N) is 7. The minimum atomic E-state index is -0.629. The first-order chi connectivity index (χ1) is 19.4. The molecule has 0 saturated heterocycles. The number of hydrogen-bond acceptors (Lipinski definition) is 9. The van der Waals surface area contributed by atoms with Gasteiger partial charge < -0.3 is 20.3 Å². The second-order valence-corrected chi connectivity index (χ2v) is 10.5. The van der Waals surface area contributed by atoms with Crippen molar-refractivity contribution in [3.05, 3.63) is 59.3 Å². The zero-order valence-electron chi connectivity index (χ0n) is 23.2. The maximum Gasteiger partial charge on any atom is 0.173 e. The van der Waals surface area contributed by atoms with E-state index in [1.807, 2.05) is 31.3 Å². The van der Waals surface area contributed by atoms with E-state index in [0.717, 1.165) is 42.4 Å². The van der Waals surface area contributed by atoms with Crippen molar-refractivity contribution in [2.45, 2.75) is 52.3 Å². The van der Waals surface area contributed by atoms with Crippen LogP contribution in [0.5, 0.6) is 11.5 Å². The summed E-state index contributed by atoms with van der Waals surface area (Å²) in [6, 6.07) is 5.82. The summed E-state index contributed by atoms with van der Waals surface area (Å²) >= 11 is 0. The minimum absolute atomic E-state index is 0.211. The Bertz CT molecular complexity index is 1500. The molecule has 4 aromatic rings. The van der Waals surface area contributed by atoms with Crippen LogP contribution in [0, 0.1) is 31.2 Å². The SMILES string of the molecule is COc1cnn2cc(-c3nn4c(c3C)CN(CC3CCC3)CC4)cc(OC(CO)c3ccc(C)cn3)c12.N#CN. The van der Waals surface area contributed by atoms with Crippen LogP contribution in [0.2, 0.25) is 0 Å². The highest BCUT2D eigenvalue weighted by Gasteiger charge is 2.27. The van der Waals surface area contributed by atoms with Crippen LogP contribution in [0.3, 0.4) is 0 Å². The zero-order valence-corrected chi connectivity index (χ0v) is 23.2. The van der Waals surface area contributed by atoms with Gasteiger partial charge in [0.05, 0.1) is 43.5 Å². The molecule has 1 atom stereocenters. The summed E-state index contributed by atoms with van der Waals surface area (Å²) < 4.78 is 15.9. The standard InChI is InChI=1S/C28H34N6O3.CH2N2/c1-18-7-8-22(29-12-18)26(17-35)37-24-11-21(15-34-28(24)25(36-3)13-30-34)27-19(2)23-16-32(9-10-33(23)31-27)14-20-5-4-6-20;2-1-3/h7-8,11-13,15,20,26,35H,4-6,9-10,14,16-17H2,1-3H3;2H2. The predicted octanol–water partition coefficient (Wildman–Crippen LogP) is 3.37. The average molecular weight is 545 g/mol. The fourth-order valence-electron chi connectivity index (χ4n) is 5.41. The van der Waals surface area contributed by atoms with Crippen LogP contribution in [0.15, 0.2) is 36.8 Å². The van der Waals surface area contributed by atoms with Crippen molar-refractivity contribution in [2.75, 3.05) is 26.8 Å². The Hall–Kier alpha value is -4.14. The topological polar surface area (TPSA) is 140 Å². The van der Waals surface area contributed by atoms with Crippen molar-refractivity contribution in [2.24, 2.45) is 11.7 Å². The molecule has 1 saturated carbocycles. The zero-order chi connectivity index (χ0) is 28.2. The molecule has 11 nitrogen and oxygen atoms in total. The minimum Gasteiger partial charge on any atom is -0.493 e. The maximum absolute atomic E-state index is 10.2. The Morgan fingerprint density at radius 2 is 2.00 bits per heavy atom. The van der Waals surface area contributed by atoms with Gasteiger partial charge in [-0.3, -0.25) is 14.6 Å². The smallest absolute Gasteiger partial charge is 0.173 e. The molecule has 6 rings (SSSR count). The molecule has 0 radical (unpaired) electrons. The molecule has 1 aliphatic carbocycles. The van der Waals surface area contributed by atoms with Crippen LogP contribution in [0.1, 0.15) is 47.9 Å². The fourth-order valence-corrected chi connectivity index (χ4v) is 5.41. The van der Waals surface area contributed by atoms with E-state index in [9.17, 15) is 5.11 Å². The van der Waals surface area contributed by atoms with E-state index in [0.29, 0.717) is 22.7 Å². The van der Waals surface area contributed by atoms with E-state index in [1.54, 1.807) is 24.0 Å². The summed E-state index contributed by atoms with van der Waals surface area (Å²) in [5, 5.41) is 26.8. The molecular formula is C29H36N8O3. The van der Waals surface area contributed by atoms with Crippen molar-refractivity contribution in [3.8, 4) is 28.9 Å². The molecule has 1 fully saturated rings. The molecule has 5 heterocycles. The van der Waals surface area contributed by atoms with Gasteiger partial charge in [-0.05, 0) is 55.9 Å². The van der Waals surface area contributed by atoms with Crippen LogP contribution in [0.25, 0.3) is 16.8 Å². The van der Waals surface area contributed by atoms with E-state index >= 15 is 0 Å². The number of fused-ring (bicyclic) bond motifs is 2. The van der Waals surface area contributed by atoms with E-state index in [4.69, 9.17) is 19.8 Å². The van der Waals surface area contributed by atoms with Crippen LogP contribution < -0.4 is 15.2 Å². The van der Waals surface area contributed by atoms with Crippen LogP contribution in [0.4, 0.5) is 0 Å². The van der Waals surface area contributed by atoms with Crippen molar-refractivity contribution in [1.29, 1.82) is 5.26 Å². The summed E-state index contributed by atoms with van der Waals surface area (Å²) in [6.45, 7) is 7.98. The molecule has 2 aliphatic rings. The average Bonchev–Trinajstić information content (AvgIpc) is 3.51. The van der Waals surface area contributed by atoms with Gasteiger partial charge in [0.25, 0.3) is 0 Å². The van der Waals surface area contributed by atoms with Gasteiger partial charge in [0, 0.05) is 37.6 Å². The molecule has 4 aromatic heterocycles. The normalized spacial score (nSPS) is 15.9. The van der Waals surface area contributed by atoms with Gasteiger partial charge in [-0.1, -0.05) is 12.5 Å². The number of aliphatic hydroxyl groups excluding tert-OH is 1. The number of aryl methyl sites for hydroxylation is 1. The Labute approximate surface area is 233 Å². The molecule has 1 aliphatic heterocycles. The Balaban J connectivity index is 0.00000103. The van der Waals surface area contributed by atoms with Gasteiger partial charge >= 0.3 is 0 Å². The quantitative estimate of drug-likeness (QED) is 0.252. The number of ether oxygens (including phenoxy) is 2. The lowest BCUT2D eigenvalue weighted by atomic mass is 9.85. The van der Waals surface area contributed by atoms with Crippen LogP contribution >= 0.6 is 0 Å². The Morgan fingerprint density at radius 3 is 2.65 bits per heavy atom. The van der Waals surface area contributed by atoms with Crippen molar-refractivity contribution in [3.63, 3.8) is 0 Å². The third-order valence-corrected chi connectivity index (χ3v) is 7.80. The lowest BCUT2D eigenvalue weighted by Crippen LogP contribution is -2.38. The van der Waals surface area contributed by atoms with Crippen molar-refractivity contribution < 1.29 is 14.6 Å². The molecule has 3 N–H and O–H groups in total. The van der Waals surface area contributed by atoms with E-state index < -0.39 is 6.10 Å². The maximum atomic E-state index is 10.2. The number of nitriles is 1. The lowest BCUT2D eigenvalue weighted by molar-refractivity contribution is 0.114. The summed E-state index contributed by atoms with van der Waals surface area (Å²) in [5.41, 5.74) is 10.9. The van der Waals surface area contributed by atoms with E-state index in [-0.39, 0.29) is 6.61 Å². The molecular weight excluding hydrogens is 508 g/mol. The fraction of sp³-hybridized carbons (Fsp3) is 0.448. The monoisotopic (exact) mass is 544 g/mol. The highest BCUT2D eigenvalue weighted by atomic mass is 16.5. The molecule has 0 spiro atoms. The highest BCUT2D eigenvalue weighted by Crippen LogP contribution is 2.37. The summed E-state index contributed by atoms with van der Waals surface area (Å²) in [5.74, 6) is 2.02. The lowest BCUT2D eigenvalue weighted by Gasteiger charge is -2.34. The molecule has 0 bridgehead atoms. The molecule has 0 aromatic carbocycles. The largest absolute Gasteiger partial charge is 0.493 e. The number of methoxy groups -OCH3 is 1. The first kappa shape index (κ1) is 27.4. The first-order valence-electron chi connectivity index (χ1n) is 13.6. The first-order valence-corrected chi connectivity index (χ1v) is 13.6. The predicted molar refractivity (Wildman–Crippen MR) is 150 cm³/mol. The molecule has 210 valence electrons. The number of pyridine rings is 2. The van der Waals surface area contributed by atoms with Gasteiger partial charge in [-0.25, -0.2) is 4.52 Å². The Morgan fingerprint density at radius 1 is 1.20 bits per heavy atom. The highest BCUT2D eigenvalue weighted by molar-refractivity contribution is 5.75. The summed E-state index contributed by atoms with van der Waals surface area (Å²) in [4.78, 5) is 7.05. The molecule has 11 heteroatoms. The molecule has 1 unspecified atom stereocenters. The Kier molecular flexibility index (Phi) is 8.19. The summed E-state index contributed by atoms with van der Waals surface area (Å²) in [7, 11) is 1.61. The number of hydrogen-bond donors (Lipinski definition) is 2. The van der Waals surface area contributed by atoms with Crippen molar-refractivity contribution >= 4 is 5.52 Å². The van der Waals surface area contributed by atoms with Gasteiger partial charge in [0.1, 0.15) is 0 Å². The number of rotatable bonds is 8. The number of aliphatic hydroxyl groups is 1. The van der Waals surface area contributed by atoms with Gasteiger partial charge in [0.15, 0.2) is 29.3 Å². The summed E-state index contributed by atoms with van der Waals surface area (Å²) in [6.07, 6.45) is 10.1. The third-order valence-electron chi connectivity index (χ3n) is 7.80. The molecule has 0 amide bonds. The van der Waals surface area contributed by atoms with Gasteiger partial charge in [-0.2, -0.15) is 15.5 Å². The van der Waals surface area contributed by atoms with Gasteiger partial charge in [-0.15, -0.1) is 0 Å². The van der Waals surface area contributed by atoms with Gasteiger partial charge in [0.2, 0.25) is 0 Å². The third kappa shape index (κ3) is 5.46. The van der Waals surface area contributed by atoms with Crippen molar-refractivity contribution in [1.82, 2.24) is 29.3 Å². The number of nitrogens with two attached hydrogens (primary N) is 1. The second kappa shape index (κ2) is 11.9. The van der Waals surface area contributed by atoms with E-state index in [2.05, 4.69) is 32.3 Å². The van der Waals surface area contributed by atoms with E-state index in [1.165, 1.54) is 43.3 Å². The second-order valence-electron chi connectivity index (χ2n) is 10.5. The number of aromatic nitrogens is 5. The van der Waals surface area contributed by atoms with Crippen LogP contribution in [-0.2, 0) is 13.1 Å².